The van der Waals surface area contributed by atoms with Crippen molar-refractivity contribution in [3.8, 4) is 0 Å². The van der Waals surface area contributed by atoms with Crippen LogP contribution in [0.3, 0.4) is 0 Å². The zero-order valence-corrected chi connectivity index (χ0v) is 12.0. The number of hydrogen-bond donors (Lipinski definition) is 1. The second-order valence-corrected chi connectivity index (χ2v) is 43.8. The summed E-state index contributed by atoms with van der Waals surface area (Å²) in [7, 11) is 20.9. The van der Waals surface area contributed by atoms with Crippen molar-refractivity contribution in [2.45, 2.75) is 0 Å². The monoisotopic (exact) mass is 439 g/mol. The number of hydrogen-bond acceptors (Lipinski definition) is 1. The summed E-state index contributed by atoms with van der Waals surface area (Å²) in [6.45, 7) is 0.0849. The van der Waals surface area contributed by atoms with Gasteiger partial charge < -0.3 is 5.11 Å². The molecular weight excluding hydrogens is 437 g/mol. The van der Waals surface area contributed by atoms with Crippen LogP contribution in [0.2, 0.25) is 0 Å². The summed E-state index contributed by atoms with van der Waals surface area (Å²) in [6.07, 6.45) is 0. The molecule has 8 heteroatoms. The van der Waals surface area contributed by atoms with Gasteiger partial charge in [0, 0.05) is 5.88 Å². The van der Waals surface area contributed by atoms with E-state index in [-0.39, 0.29) is 6.61 Å². The Kier molecular flexibility index (Phi) is 8.84. The first-order valence-corrected chi connectivity index (χ1v) is 20.6. The molecule has 0 bridgehead atoms. The molecule has 0 unspecified atom stereocenters. The SMILES string of the molecule is OCCCl.[Cl][W]([Cl])([Cl])([Cl])[Cl]. The van der Waals surface area contributed by atoms with E-state index in [0.717, 1.165) is 0 Å². The molecule has 0 aliphatic heterocycles. The van der Waals surface area contributed by atoms with Crippen LogP contribution in [0.25, 0.3) is 0 Å². The number of rotatable bonds is 1. The molecule has 0 aromatic rings. The van der Waals surface area contributed by atoms with Gasteiger partial charge in [-0.25, -0.2) is 0 Å². The summed E-state index contributed by atoms with van der Waals surface area (Å²) in [5.74, 6) is 0.347. The third-order valence-electron chi connectivity index (χ3n) is 0.0845. The first-order valence-electron chi connectivity index (χ1n) is 1.86. The van der Waals surface area contributed by atoms with Crippen LogP contribution in [0.1, 0.15) is 0 Å². The molecule has 67 valence electrons. The van der Waals surface area contributed by atoms with E-state index >= 15 is 0 Å². The average Bonchev–Trinajstić information content (AvgIpc) is 1.59. The molecule has 0 amide bonds. The van der Waals surface area contributed by atoms with Crippen LogP contribution < -0.4 is 0 Å². The molecule has 0 fully saturated rings. The van der Waals surface area contributed by atoms with Crippen molar-refractivity contribution in [1.29, 1.82) is 0 Å². The van der Waals surface area contributed by atoms with E-state index in [1.807, 2.05) is 0 Å². The Morgan fingerprint density at radius 2 is 1.10 bits per heavy atom. The standard InChI is InChI=1S/C2H5ClO.5ClH.W/c3-1-2-4;;;;;;/h4H,1-2H2;5*1H;/q;;;;;;+5/p-5. The van der Waals surface area contributed by atoms with Gasteiger partial charge in [-0.2, -0.15) is 0 Å². The van der Waals surface area contributed by atoms with Crippen LogP contribution in [0.5, 0.6) is 0 Å². The quantitative estimate of drug-likeness (QED) is 0.616. The molecule has 10 heavy (non-hydrogen) atoms. The van der Waals surface area contributed by atoms with Crippen LogP contribution in [-0.4, -0.2) is 17.6 Å². The van der Waals surface area contributed by atoms with E-state index in [2.05, 4.69) is 0 Å². The molecule has 0 saturated carbocycles. The third kappa shape index (κ3) is 79.8. The Balaban J connectivity index is 0. The Morgan fingerprint density at radius 1 is 1.00 bits per heavy atom. The Bertz CT molecular complexity index is 66.5. The van der Waals surface area contributed by atoms with Gasteiger partial charge in [0.05, 0.1) is 6.61 Å². The van der Waals surface area contributed by atoms with Crippen molar-refractivity contribution in [2.24, 2.45) is 0 Å². The fourth-order valence-corrected chi connectivity index (χ4v) is 0. The van der Waals surface area contributed by atoms with Gasteiger partial charge in [0.15, 0.2) is 0 Å². The normalized spacial score (nSPS) is 14.5. The van der Waals surface area contributed by atoms with Crippen molar-refractivity contribution in [3.63, 3.8) is 0 Å². The van der Waals surface area contributed by atoms with Crippen LogP contribution >= 0.6 is 58.7 Å². The predicted molar refractivity (Wildman–Crippen MR) is 47.1 cm³/mol. The number of aliphatic hydroxyl groups is 1. The molecule has 0 saturated heterocycles. The van der Waals surface area contributed by atoms with Crippen LogP contribution in [0.15, 0.2) is 0 Å². The van der Waals surface area contributed by atoms with Crippen molar-refractivity contribution in [1.82, 2.24) is 0 Å². The molecule has 0 aromatic heterocycles. The topological polar surface area (TPSA) is 20.2 Å². The van der Waals surface area contributed by atoms with Gasteiger partial charge in [0.2, 0.25) is 0 Å². The van der Waals surface area contributed by atoms with E-state index in [9.17, 15) is 0 Å². The molecular formula is C2H5Cl6OW. The summed E-state index contributed by atoms with van der Waals surface area (Å²) < 4.78 is 0. The number of halogens is 6. The third-order valence-corrected chi connectivity index (χ3v) is 0.254. The first-order chi connectivity index (χ1) is 4.15. The Hall–Kier alpha value is 2.39. The number of alkyl halides is 1. The van der Waals surface area contributed by atoms with E-state index in [4.69, 9.17) is 63.8 Å². The first kappa shape index (κ1) is 14.9. The van der Waals surface area contributed by atoms with Gasteiger partial charge in [0.25, 0.3) is 0 Å². The molecule has 0 rings (SSSR count). The summed E-state index contributed by atoms with van der Waals surface area (Å²) >= 11 is 4.94. The second kappa shape index (κ2) is 5.94. The zero-order valence-electron chi connectivity index (χ0n) is 4.54. The minimum atomic E-state index is -4.39. The molecule has 0 aliphatic carbocycles. The van der Waals surface area contributed by atoms with Gasteiger partial charge in [-0.3, -0.25) is 0 Å². The molecule has 0 aromatic carbocycles. The van der Waals surface area contributed by atoms with Gasteiger partial charge in [-0.05, 0) is 0 Å². The summed E-state index contributed by atoms with van der Waals surface area (Å²) in [6, 6.07) is 0. The van der Waals surface area contributed by atoms with Gasteiger partial charge >= 0.3 is 56.7 Å². The zero-order chi connectivity index (χ0) is 8.86. The van der Waals surface area contributed by atoms with Gasteiger partial charge in [-0.1, -0.05) is 0 Å². The Morgan fingerprint density at radius 3 is 1.10 bits per heavy atom. The van der Waals surface area contributed by atoms with Crippen molar-refractivity contribution in [3.05, 3.63) is 0 Å². The van der Waals surface area contributed by atoms with E-state index in [0.29, 0.717) is 5.88 Å². The van der Waals surface area contributed by atoms with E-state index in [1.54, 1.807) is 0 Å². The maximum atomic E-state index is 7.74. The molecule has 0 aliphatic rings. The molecule has 0 heterocycles. The van der Waals surface area contributed by atoms with E-state index < -0.39 is 9.60 Å². The Labute approximate surface area is 84.9 Å². The molecule has 1 nitrogen and oxygen atoms in total. The van der Waals surface area contributed by atoms with Crippen LogP contribution in [0, 0.1) is 0 Å². The predicted octanol–water partition coefficient (Wildman–Crippen LogP) is 3.66. The summed E-state index contributed by atoms with van der Waals surface area (Å²) in [4.78, 5) is 0. The van der Waals surface area contributed by atoms with E-state index in [1.165, 1.54) is 0 Å². The number of aliphatic hydroxyl groups excluding tert-OH is 1. The van der Waals surface area contributed by atoms with Crippen molar-refractivity contribution >= 4 is 58.7 Å². The van der Waals surface area contributed by atoms with Crippen molar-refractivity contribution in [2.75, 3.05) is 12.5 Å². The van der Waals surface area contributed by atoms with Crippen LogP contribution in [0.4, 0.5) is 0 Å². The molecule has 1 N–H and O–H groups in total. The van der Waals surface area contributed by atoms with Crippen molar-refractivity contribution < 1.29 is 14.7 Å². The summed E-state index contributed by atoms with van der Waals surface area (Å²) in [5, 5.41) is 7.74. The minimum absolute atomic E-state index is 0.0849. The fourth-order valence-electron chi connectivity index (χ4n) is 0. The molecule has 0 spiro atoms. The van der Waals surface area contributed by atoms with Gasteiger partial charge in [0.1, 0.15) is 0 Å². The summed E-state index contributed by atoms with van der Waals surface area (Å²) in [5.41, 5.74) is 0. The second-order valence-electron chi connectivity index (χ2n) is 0.996. The maximum absolute atomic E-state index is 7.74. The molecule has 0 radical (unpaired) electrons. The fraction of sp³-hybridized carbons (Fsp3) is 1.00. The van der Waals surface area contributed by atoms with Crippen LogP contribution in [-0.2, 0) is 9.60 Å². The molecule has 0 atom stereocenters. The van der Waals surface area contributed by atoms with Gasteiger partial charge in [-0.15, -0.1) is 11.6 Å². The average molecular weight is 442 g/mol.